The lowest BCUT2D eigenvalue weighted by atomic mass is 9.87. The minimum Gasteiger partial charge on any atom is -0.340 e. The summed E-state index contributed by atoms with van der Waals surface area (Å²) < 4.78 is 24.4. The van der Waals surface area contributed by atoms with Crippen LogP contribution in [0.25, 0.3) is 0 Å². The highest BCUT2D eigenvalue weighted by molar-refractivity contribution is 7.99. The number of nitrogens with one attached hydrogen (secondary N) is 4. The van der Waals surface area contributed by atoms with Gasteiger partial charge in [-0.15, -0.1) is 45.3 Å². The lowest BCUT2D eigenvalue weighted by Crippen LogP contribution is -2.46. The van der Waals surface area contributed by atoms with Gasteiger partial charge >= 0.3 is 0 Å². The molecule has 86 heavy (non-hydrogen) atoms. The normalized spacial score (nSPS) is 28.7. The molecular weight excluding hydrogens is 1200 g/mol. The van der Waals surface area contributed by atoms with Crippen molar-refractivity contribution in [1.82, 2.24) is 60.8 Å². The van der Waals surface area contributed by atoms with Crippen molar-refractivity contribution < 1.29 is 27.6 Å². The molecule has 24 heteroatoms. The predicted molar refractivity (Wildman–Crippen MR) is 348 cm³/mol. The van der Waals surface area contributed by atoms with Gasteiger partial charge in [0.2, 0.25) is 23.6 Å². The highest BCUT2D eigenvalue weighted by Crippen LogP contribution is 2.47. The Labute approximate surface area is 531 Å². The number of hydrogen-bond acceptors (Lipinski definition) is 19. The van der Waals surface area contributed by atoms with Crippen LogP contribution in [0.1, 0.15) is 182 Å². The Morgan fingerprint density at radius 2 is 0.895 bits per heavy atom. The van der Waals surface area contributed by atoms with Gasteiger partial charge in [0.25, 0.3) is 0 Å². The van der Waals surface area contributed by atoms with Crippen molar-refractivity contribution in [2.45, 2.75) is 176 Å². The molecule has 0 spiro atoms. The molecule has 4 aromatic rings. The molecule has 3 saturated carbocycles. The first-order valence-electron chi connectivity index (χ1n) is 32.2. The largest absolute Gasteiger partial charge is 0.340 e. The van der Waals surface area contributed by atoms with Gasteiger partial charge in [0.15, 0.2) is 9.84 Å². The molecule has 6 aliphatic heterocycles. The van der Waals surface area contributed by atoms with E-state index in [0.29, 0.717) is 37.1 Å². The summed E-state index contributed by atoms with van der Waals surface area (Å²) in [4.78, 5) is 81.4. The lowest BCUT2D eigenvalue weighted by molar-refractivity contribution is -0.134. The molecule has 2 saturated heterocycles. The SMILES string of the molecule is CNC1C(=O)N(CC2CC3CCCC2C3)CCc2ncsc21.CNC1C(=O)N(CC2CCCCCC2)CCc2ncsc21.CNC1C(=O)N(CC2CCCCCS2)CCc2ncsc21.CNC1C(=O)N(CC2CCCCS2(=O)=O)CCc2ncsc21. The molecule has 4 amide bonds. The average molecular weight is 1300 g/mol. The van der Waals surface area contributed by atoms with E-state index in [9.17, 15) is 27.6 Å². The molecule has 0 radical (unpaired) electrons. The monoisotopic (exact) mass is 1290 g/mol. The maximum Gasteiger partial charge on any atom is 0.245 e. The van der Waals surface area contributed by atoms with Crippen molar-refractivity contribution in [1.29, 1.82) is 0 Å². The Bertz CT molecular complexity index is 2860. The van der Waals surface area contributed by atoms with Crippen molar-refractivity contribution in [2.24, 2.45) is 23.7 Å². The Hall–Kier alpha value is -3.46. The maximum absolute atomic E-state index is 13.0. The summed E-state index contributed by atoms with van der Waals surface area (Å²) in [6.45, 7) is 6.13. The third-order valence-electron chi connectivity index (χ3n) is 19.7. The summed E-state index contributed by atoms with van der Waals surface area (Å²) in [6, 6.07) is -0.992. The molecule has 9 atom stereocenters. The number of carbonyl (C=O) groups is 4. The van der Waals surface area contributed by atoms with E-state index < -0.39 is 21.1 Å². The summed E-state index contributed by atoms with van der Waals surface area (Å²) >= 11 is 8.36. The number of sulfone groups is 1. The van der Waals surface area contributed by atoms with Crippen molar-refractivity contribution in [3.63, 3.8) is 0 Å². The quantitative estimate of drug-likeness (QED) is 0.0978. The fraction of sp³-hybridized carbons (Fsp3) is 0.742. The van der Waals surface area contributed by atoms with E-state index >= 15 is 0 Å². The van der Waals surface area contributed by atoms with Gasteiger partial charge in [0, 0.05) is 83.3 Å². The van der Waals surface area contributed by atoms with Crippen LogP contribution in [0.2, 0.25) is 0 Å². The fourth-order valence-corrected chi connectivity index (χ4v) is 21.9. The molecule has 18 nitrogen and oxygen atoms in total. The first kappa shape index (κ1) is 65.5. The van der Waals surface area contributed by atoms with E-state index in [0.717, 1.165) is 131 Å². The molecule has 9 unspecified atom stereocenters. The van der Waals surface area contributed by atoms with Crippen molar-refractivity contribution >= 4 is 90.6 Å². The fourth-order valence-electron chi connectivity index (χ4n) is 14.9. The van der Waals surface area contributed by atoms with Crippen LogP contribution in [0, 0.1) is 23.7 Å². The van der Waals surface area contributed by atoms with Crippen LogP contribution in [0.5, 0.6) is 0 Å². The Morgan fingerprint density at radius 3 is 1.36 bits per heavy atom. The van der Waals surface area contributed by atoms with Gasteiger partial charge in [-0.2, -0.15) is 11.8 Å². The number of amides is 4. The summed E-state index contributed by atoms with van der Waals surface area (Å²) in [7, 11) is 4.33. The molecule has 0 aromatic carbocycles. The van der Waals surface area contributed by atoms with Gasteiger partial charge in [0.1, 0.15) is 24.2 Å². The number of aromatic nitrogens is 4. The zero-order valence-electron chi connectivity index (χ0n) is 51.2. The zero-order valence-corrected chi connectivity index (χ0v) is 56.1. The minimum atomic E-state index is -3.06. The second-order valence-corrected chi connectivity index (χ2v) is 32.5. The Kier molecular flexibility index (Phi) is 24.0. The van der Waals surface area contributed by atoms with Crippen LogP contribution in [0.15, 0.2) is 22.0 Å². The zero-order chi connectivity index (χ0) is 60.2. The number of nitrogens with zero attached hydrogens (tertiary/aromatic N) is 8. The van der Waals surface area contributed by atoms with Crippen LogP contribution in [0.3, 0.4) is 0 Å². The first-order chi connectivity index (χ1) is 41.9. The molecule has 4 aromatic heterocycles. The summed E-state index contributed by atoms with van der Waals surface area (Å²) in [5, 5.41) is 12.9. The van der Waals surface area contributed by atoms with Crippen molar-refractivity contribution in [3.05, 3.63) is 64.3 Å². The van der Waals surface area contributed by atoms with E-state index in [-0.39, 0.29) is 47.5 Å². The molecule has 13 rings (SSSR count). The summed E-state index contributed by atoms with van der Waals surface area (Å²) in [5.41, 5.74) is 11.6. The second-order valence-electron chi connectivity index (χ2n) is 25.1. The number of thiazole rings is 4. The smallest absolute Gasteiger partial charge is 0.245 e. The van der Waals surface area contributed by atoms with Crippen LogP contribution in [0.4, 0.5) is 0 Å². The predicted octanol–water partition coefficient (Wildman–Crippen LogP) is 8.59. The molecule has 2 bridgehead atoms. The Balaban J connectivity index is 0.000000127. The second kappa shape index (κ2) is 31.5. The highest BCUT2D eigenvalue weighted by Gasteiger charge is 2.42. The van der Waals surface area contributed by atoms with Gasteiger partial charge in [-0.05, 0) is 109 Å². The topological polar surface area (TPSA) is 215 Å². The molecule has 4 N–H and O–H groups in total. The number of fused-ring (bicyclic) bond motifs is 6. The van der Waals surface area contributed by atoms with Crippen LogP contribution in [-0.4, -0.2) is 174 Å². The van der Waals surface area contributed by atoms with E-state index in [1.807, 2.05) is 37.7 Å². The molecule has 474 valence electrons. The molecule has 5 fully saturated rings. The molecule has 10 heterocycles. The average Bonchev–Trinajstić information content (AvgIpc) is 3.38. The summed E-state index contributed by atoms with van der Waals surface area (Å²) in [5.74, 6) is 5.43. The van der Waals surface area contributed by atoms with Crippen LogP contribution >= 0.6 is 57.1 Å². The van der Waals surface area contributed by atoms with E-state index in [1.165, 1.54) is 113 Å². The number of likely N-dealkylation sites (N-methyl/N-ethyl adjacent to an activating group) is 4. The van der Waals surface area contributed by atoms with E-state index in [4.69, 9.17) is 0 Å². The van der Waals surface area contributed by atoms with E-state index in [1.54, 1.807) is 51.5 Å². The lowest BCUT2D eigenvalue weighted by Gasteiger charge is -2.30. The van der Waals surface area contributed by atoms with Crippen LogP contribution in [-0.2, 0) is 54.7 Å². The number of rotatable bonds is 12. The van der Waals surface area contributed by atoms with Gasteiger partial charge in [-0.3, -0.25) is 19.2 Å². The first-order valence-corrected chi connectivity index (χ1v) is 38.5. The van der Waals surface area contributed by atoms with Crippen molar-refractivity contribution in [2.75, 3.05) is 92.1 Å². The summed E-state index contributed by atoms with van der Waals surface area (Å²) in [6.07, 6.45) is 25.9. The minimum absolute atomic E-state index is 0.0359. The van der Waals surface area contributed by atoms with Gasteiger partial charge in [0.05, 0.1) is 75.3 Å². The standard InChI is InChI=1S/C17H25N3OS.C16H25N3OS.C15H23N3OS2.C14H21N3O3S2/c1-18-15-16-14(19-10-22-16)5-6-20(17(15)21)9-13-8-11-3-2-4-12(13)7-11;1-17-14-15-13(18-11-21-15)8-9-19(16(14)20)10-12-6-4-2-3-5-7-12;1-16-13-14-12(17-10-21-14)6-7-18(15(13)19)9-11-5-3-2-4-8-20-11;1-15-12-13-11(16-9-21-13)5-6-17(14(12)18)8-10-4-2-3-7-22(10,19)20/h10-13,15,18H,2-9H2,1H3;11-12,14,17H,2-10H2,1H3;10-11,13,16H,2-9H2,1H3;9-10,12,15H,2-8H2,1H3. The van der Waals surface area contributed by atoms with Crippen molar-refractivity contribution in [3.8, 4) is 0 Å². The van der Waals surface area contributed by atoms with Gasteiger partial charge in [-0.1, -0.05) is 64.2 Å². The highest BCUT2D eigenvalue weighted by atomic mass is 32.2. The molecule has 3 aliphatic carbocycles. The number of hydrogen-bond donors (Lipinski definition) is 4. The van der Waals surface area contributed by atoms with Gasteiger partial charge < -0.3 is 40.9 Å². The third kappa shape index (κ3) is 16.0. The van der Waals surface area contributed by atoms with Crippen LogP contribution < -0.4 is 21.3 Å². The molecule has 9 aliphatic rings. The molecular formula is C62H94N12O6S6. The third-order valence-corrected chi connectivity index (χ3v) is 27.1. The van der Waals surface area contributed by atoms with Gasteiger partial charge in [-0.25, -0.2) is 28.4 Å². The maximum atomic E-state index is 13.0. The van der Waals surface area contributed by atoms with E-state index in [2.05, 4.69) is 67.7 Å². The Morgan fingerprint density at radius 1 is 0.465 bits per heavy atom. The number of thioether (sulfide) groups is 1. The number of carbonyl (C=O) groups excluding carboxylic acids is 4.